The van der Waals surface area contributed by atoms with E-state index in [9.17, 15) is 18.8 Å². The lowest BCUT2D eigenvalue weighted by Crippen LogP contribution is -2.53. The van der Waals surface area contributed by atoms with Crippen LogP contribution in [0.15, 0.2) is 48.5 Å². The predicted molar refractivity (Wildman–Crippen MR) is 110 cm³/mol. The summed E-state index contributed by atoms with van der Waals surface area (Å²) in [6, 6.07) is 12.7. The molecule has 1 heterocycles. The summed E-state index contributed by atoms with van der Waals surface area (Å²) < 4.78 is 29.2. The van der Waals surface area contributed by atoms with Crippen LogP contribution < -0.4 is 0 Å². The van der Waals surface area contributed by atoms with E-state index in [0.717, 1.165) is 11.1 Å². The van der Waals surface area contributed by atoms with Crippen molar-refractivity contribution in [1.29, 1.82) is 0 Å². The highest BCUT2D eigenvalue weighted by Gasteiger charge is 2.58. The van der Waals surface area contributed by atoms with E-state index in [1.165, 1.54) is 38.5 Å². The summed E-state index contributed by atoms with van der Waals surface area (Å²) in [7, 11) is 2.39. The van der Waals surface area contributed by atoms with Crippen LogP contribution in [-0.2, 0) is 23.8 Å². The Bertz CT molecular complexity index is 935. The number of halogens is 1. The number of esters is 2. The normalized spacial score (nSPS) is 20.0. The van der Waals surface area contributed by atoms with Crippen molar-refractivity contribution < 1.29 is 33.0 Å². The highest BCUT2D eigenvalue weighted by Crippen LogP contribution is 2.47. The maximum atomic E-state index is 13.2. The number of hydrogen-bond acceptors (Lipinski definition) is 6. The maximum Gasteiger partial charge on any atom is 0.323 e. The molecule has 31 heavy (non-hydrogen) atoms. The molecular formula is C24H25FO6. The summed E-state index contributed by atoms with van der Waals surface area (Å²) in [6.07, 6.45) is -0.719. The highest BCUT2D eigenvalue weighted by molar-refractivity contribution is 6.02. The number of ketones is 1. The van der Waals surface area contributed by atoms with Gasteiger partial charge in [-0.2, -0.15) is 0 Å². The number of Topliss-reactive ketones (excluding diaryl/α,β-unsaturated/α-hetero) is 1. The summed E-state index contributed by atoms with van der Waals surface area (Å²) in [5.41, 5.74) is 0.457. The van der Waals surface area contributed by atoms with Gasteiger partial charge in [0.2, 0.25) is 0 Å². The zero-order chi connectivity index (χ0) is 22.6. The molecule has 0 aromatic heterocycles. The van der Waals surface area contributed by atoms with Gasteiger partial charge in [-0.1, -0.05) is 29.8 Å². The van der Waals surface area contributed by atoms with E-state index in [4.69, 9.17) is 14.2 Å². The van der Waals surface area contributed by atoms with Crippen molar-refractivity contribution in [3.8, 4) is 0 Å². The van der Waals surface area contributed by atoms with E-state index in [1.807, 2.05) is 31.2 Å². The number of rotatable bonds is 6. The van der Waals surface area contributed by atoms with E-state index in [1.54, 1.807) is 0 Å². The molecule has 7 heteroatoms. The minimum atomic E-state index is -1.70. The first-order chi connectivity index (χ1) is 14.8. The molecule has 0 saturated carbocycles. The fourth-order valence-electron chi connectivity index (χ4n) is 4.05. The monoisotopic (exact) mass is 428 g/mol. The first-order valence-electron chi connectivity index (χ1n) is 9.95. The molecule has 0 bridgehead atoms. The molecule has 0 N–H and O–H groups in total. The smallest absolute Gasteiger partial charge is 0.323 e. The van der Waals surface area contributed by atoms with Crippen LogP contribution in [0.3, 0.4) is 0 Å². The Balaban J connectivity index is 1.95. The lowest BCUT2D eigenvalue weighted by Gasteiger charge is -2.42. The molecule has 0 aliphatic carbocycles. The molecule has 1 aliphatic rings. The first-order valence-corrected chi connectivity index (χ1v) is 9.95. The van der Waals surface area contributed by atoms with E-state index < -0.39 is 35.2 Å². The second-order valence-corrected chi connectivity index (χ2v) is 7.72. The molecule has 0 spiro atoms. The van der Waals surface area contributed by atoms with E-state index in [-0.39, 0.29) is 30.8 Å². The molecule has 3 rings (SSSR count). The third-order valence-corrected chi connectivity index (χ3v) is 5.85. The van der Waals surface area contributed by atoms with Gasteiger partial charge in [0.05, 0.1) is 26.9 Å². The van der Waals surface area contributed by atoms with E-state index in [2.05, 4.69) is 0 Å². The van der Waals surface area contributed by atoms with Gasteiger partial charge in [-0.25, -0.2) is 4.39 Å². The lowest BCUT2D eigenvalue weighted by molar-refractivity contribution is -0.189. The maximum absolute atomic E-state index is 13.2. The van der Waals surface area contributed by atoms with Crippen molar-refractivity contribution >= 4 is 17.7 Å². The Labute approximate surface area is 180 Å². The molecule has 0 radical (unpaired) electrons. The van der Waals surface area contributed by atoms with Crippen LogP contribution in [0.5, 0.6) is 0 Å². The summed E-state index contributed by atoms with van der Waals surface area (Å²) >= 11 is 0. The van der Waals surface area contributed by atoms with Crippen LogP contribution in [0, 0.1) is 24.1 Å². The molecule has 0 amide bonds. The quantitative estimate of drug-likeness (QED) is 0.395. The Morgan fingerprint density at radius 1 is 1.00 bits per heavy atom. The van der Waals surface area contributed by atoms with Gasteiger partial charge in [0.1, 0.15) is 5.82 Å². The van der Waals surface area contributed by atoms with Crippen molar-refractivity contribution in [1.82, 2.24) is 0 Å². The molecule has 1 saturated heterocycles. The Hall–Kier alpha value is -3.06. The molecular weight excluding hydrogens is 403 g/mol. The first kappa shape index (κ1) is 22.6. The molecule has 2 aromatic rings. The number of benzene rings is 2. The van der Waals surface area contributed by atoms with E-state index >= 15 is 0 Å². The third kappa shape index (κ3) is 4.51. The molecule has 2 atom stereocenters. The second-order valence-electron chi connectivity index (χ2n) is 7.72. The average Bonchev–Trinajstić information content (AvgIpc) is 2.79. The minimum Gasteiger partial charge on any atom is -0.468 e. The van der Waals surface area contributed by atoms with Gasteiger partial charge in [0, 0.05) is 24.3 Å². The fourth-order valence-corrected chi connectivity index (χ4v) is 4.05. The molecule has 6 nitrogen and oxygen atoms in total. The SMILES string of the molecule is COC(=O)C1(C(=O)OC)C[C@H](c2ccc(C)cc2)OC[C@@H]1CC(=O)c1ccc(F)cc1. The zero-order valence-corrected chi connectivity index (χ0v) is 17.7. The van der Waals surface area contributed by atoms with Gasteiger partial charge in [-0.05, 0) is 36.8 Å². The Kier molecular flexibility index (Phi) is 6.85. The van der Waals surface area contributed by atoms with Crippen LogP contribution in [0.4, 0.5) is 4.39 Å². The predicted octanol–water partition coefficient (Wildman–Crippen LogP) is 3.82. The van der Waals surface area contributed by atoms with Crippen LogP contribution in [0.25, 0.3) is 0 Å². The number of aryl methyl sites for hydroxylation is 1. The Morgan fingerprint density at radius 3 is 2.13 bits per heavy atom. The summed E-state index contributed by atoms with van der Waals surface area (Å²) in [5.74, 6) is -3.13. The standard InChI is InChI=1S/C24H25FO6/c1-15-4-6-17(7-5-15)21-13-24(22(27)29-2,23(28)30-3)18(14-31-21)12-20(26)16-8-10-19(25)11-9-16/h4-11,18,21H,12-14H2,1-3H3/t18-,21+/m0/s1. The van der Waals surface area contributed by atoms with Crippen LogP contribution in [0.1, 0.15) is 40.4 Å². The topological polar surface area (TPSA) is 78.9 Å². The fraction of sp³-hybridized carbons (Fsp3) is 0.375. The van der Waals surface area contributed by atoms with Crippen LogP contribution in [0.2, 0.25) is 0 Å². The lowest BCUT2D eigenvalue weighted by atomic mass is 9.67. The van der Waals surface area contributed by atoms with Crippen molar-refractivity contribution in [2.24, 2.45) is 11.3 Å². The summed E-state index contributed by atoms with van der Waals surface area (Å²) in [6.45, 7) is 1.94. The second kappa shape index (κ2) is 9.39. The number of carbonyl (C=O) groups excluding carboxylic acids is 3. The third-order valence-electron chi connectivity index (χ3n) is 5.85. The number of methoxy groups -OCH3 is 2. The molecule has 1 aliphatic heterocycles. The van der Waals surface area contributed by atoms with Gasteiger partial charge >= 0.3 is 11.9 Å². The summed E-state index contributed by atoms with van der Waals surface area (Å²) in [5, 5.41) is 0. The average molecular weight is 428 g/mol. The number of ether oxygens (including phenoxy) is 3. The number of carbonyl (C=O) groups is 3. The van der Waals surface area contributed by atoms with Gasteiger partial charge in [-0.3, -0.25) is 14.4 Å². The highest BCUT2D eigenvalue weighted by atomic mass is 19.1. The van der Waals surface area contributed by atoms with Gasteiger partial charge in [-0.15, -0.1) is 0 Å². The van der Waals surface area contributed by atoms with Crippen molar-refractivity contribution in [3.63, 3.8) is 0 Å². The van der Waals surface area contributed by atoms with Gasteiger partial charge in [0.25, 0.3) is 0 Å². The molecule has 0 unspecified atom stereocenters. The number of hydrogen-bond donors (Lipinski definition) is 0. The van der Waals surface area contributed by atoms with Crippen LogP contribution >= 0.6 is 0 Å². The zero-order valence-electron chi connectivity index (χ0n) is 17.7. The largest absolute Gasteiger partial charge is 0.468 e. The van der Waals surface area contributed by atoms with Crippen molar-refractivity contribution in [3.05, 3.63) is 71.0 Å². The Morgan fingerprint density at radius 2 is 1.58 bits per heavy atom. The van der Waals surface area contributed by atoms with Crippen molar-refractivity contribution in [2.75, 3.05) is 20.8 Å². The molecule has 164 valence electrons. The molecule has 2 aromatic carbocycles. The van der Waals surface area contributed by atoms with Gasteiger partial charge in [0.15, 0.2) is 11.2 Å². The summed E-state index contributed by atoms with van der Waals surface area (Å²) in [4.78, 5) is 38.7. The molecule has 1 fully saturated rings. The van der Waals surface area contributed by atoms with Gasteiger partial charge < -0.3 is 14.2 Å². The van der Waals surface area contributed by atoms with Crippen molar-refractivity contribution in [2.45, 2.75) is 25.9 Å². The minimum absolute atomic E-state index is 0.0171. The van der Waals surface area contributed by atoms with E-state index in [0.29, 0.717) is 0 Å². The van der Waals surface area contributed by atoms with Crippen LogP contribution in [-0.4, -0.2) is 38.5 Å².